The van der Waals surface area contributed by atoms with Crippen molar-refractivity contribution in [1.29, 1.82) is 0 Å². The lowest BCUT2D eigenvalue weighted by Crippen LogP contribution is -2.29. The predicted molar refractivity (Wildman–Crippen MR) is 209 cm³/mol. The summed E-state index contributed by atoms with van der Waals surface area (Å²) in [7, 11) is 0. The molecule has 0 spiro atoms. The molecular formula is C47H42O4. The van der Waals surface area contributed by atoms with Gasteiger partial charge in [0.25, 0.3) is 0 Å². The molecule has 0 aliphatic heterocycles. The highest BCUT2D eigenvalue weighted by molar-refractivity contribution is 5.92. The number of esters is 2. The Balaban J connectivity index is 1.37. The predicted octanol–water partition coefficient (Wildman–Crippen LogP) is 11.4. The maximum atomic E-state index is 12.2. The van der Waals surface area contributed by atoms with Crippen molar-refractivity contribution in [2.75, 3.05) is 0 Å². The van der Waals surface area contributed by atoms with Crippen LogP contribution in [0.2, 0.25) is 0 Å². The molecule has 7 rings (SSSR count). The van der Waals surface area contributed by atoms with Gasteiger partial charge in [-0.25, -0.2) is 9.59 Å². The largest absolute Gasteiger partial charge is 0.460 e. The first-order chi connectivity index (χ1) is 24.8. The molecule has 4 heteroatoms. The topological polar surface area (TPSA) is 52.6 Å². The summed E-state index contributed by atoms with van der Waals surface area (Å²) >= 11 is 0. The Morgan fingerprint density at radius 3 is 1.33 bits per heavy atom. The number of rotatable bonds is 12. The van der Waals surface area contributed by atoms with E-state index >= 15 is 0 Å². The smallest absolute Gasteiger partial charge is 0.330 e. The molecule has 0 saturated carbocycles. The molecule has 6 aromatic rings. The monoisotopic (exact) mass is 670 g/mol. The minimum Gasteiger partial charge on any atom is -0.460 e. The third kappa shape index (κ3) is 6.74. The van der Waals surface area contributed by atoms with Crippen LogP contribution < -0.4 is 0 Å². The van der Waals surface area contributed by atoms with Gasteiger partial charge in [-0.2, -0.15) is 0 Å². The fraction of sp³-hybridized carbons (Fsp3) is 0.191. The lowest BCUT2D eigenvalue weighted by molar-refractivity contribution is -0.143. The highest BCUT2D eigenvalue weighted by Crippen LogP contribution is 2.55. The molecule has 0 saturated heterocycles. The van der Waals surface area contributed by atoms with Crippen LogP contribution in [0.25, 0.3) is 54.9 Å². The molecule has 2 atom stereocenters. The summed E-state index contributed by atoms with van der Waals surface area (Å²) in [5.41, 5.74) is 9.10. The fourth-order valence-corrected chi connectivity index (χ4v) is 7.78. The fourth-order valence-electron chi connectivity index (χ4n) is 7.78. The van der Waals surface area contributed by atoms with Gasteiger partial charge in [0.15, 0.2) is 0 Å². The van der Waals surface area contributed by atoms with Crippen LogP contribution in [0.1, 0.15) is 50.7 Å². The molecule has 0 aromatic heterocycles. The Hall–Kier alpha value is -5.74. The molecule has 0 N–H and O–H groups in total. The normalized spacial score (nSPS) is 13.9. The Bertz CT molecular complexity index is 2130. The average Bonchev–Trinajstić information content (AvgIpc) is 3.44. The summed E-state index contributed by atoms with van der Waals surface area (Å²) in [6.45, 7) is 11.0. The molecule has 0 bridgehead atoms. The second-order valence-electron chi connectivity index (χ2n) is 13.7. The number of benzene rings is 6. The molecular weight excluding hydrogens is 629 g/mol. The van der Waals surface area contributed by atoms with Crippen molar-refractivity contribution in [3.05, 3.63) is 158 Å². The number of ether oxygens (including phenoxy) is 2. The van der Waals surface area contributed by atoms with Crippen molar-refractivity contribution in [2.24, 2.45) is 0 Å². The van der Waals surface area contributed by atoms with Crippen LogP contribution in [0, 0.1) is 0 Å². The lowest BCUT2D eigenvalue weighted by Gasteiger charge is -2.34. The van der Waals surface area contributed by atoms with E-state index in [1.165, 1.54) is 56.0 Å². The van der Waals surface area contributed by atoms with Crippen LogP contribution in [0.5, 0.6) is 0 Å². The molecule has 0 radical (unpaired) electrons. The second kappa shape index (κ2) is 14.2. The molecule has 0 heterocycles. The van der Waals surface area contributed by atoms with Gasteiger partial charge in [-0.3, -0.25) is 0 Å². The van der Waals surface area contributed by atoms with Gasteiger partial charge in [-0.05, 0) is 130 Å². The van der Waals surface area contributed by atoms with Gasteiger partial charge in [-0.15, -0.1) is 0 Å². The molecule has 254 valence electrons. The first-order valence-corrected chi connectivity index (χ1v) is 17.7. The van der Waals surface area contributed by atoms with E-state index in [0.717, 1.165) is 35.1 Å². The van der Waals surface area contributed by atoms with Crippen molar-refractivity contribution >= 4 is 33.5 Å². The summed E-state index contributed by atoms with van der Waals surface area (Å²) in [6.07, 6.45) is 4.61. The maximum Gasteiger partial charge on any atom is 0.330 e. The number of fused-ring (bicyclic) bond motifs is 5. The van der Waals surface area contributed by atoms with Gasteiger partial charge in [-0.1, -0.05) is 110 Å². The number of hydrogen-bond donors (Lipinski definition) is 0. The first-order valence-electron chi connectivity index (χ1n) is 17.7. The molecule has 51 heavy (non-hydrogen) atoms. The number of hydrogen-bond acceptors (Lipinski definition) is 4. The van der Waals surface area contributed by atoms with Crippen molar-refractivity contribution in [3.63, 3.8) is 0 Å². The van der Waals surface area contributed by atoms with E-state index in [0.29, 0.717) is 12.8 Å². The van der Waals surface area contributed by atoms with E-state index in [1.54, 1.807) is 0 Å². The molecule has 0 amide bonds. The highest BCUT2D eigenvalue weighted by Gasteiger charge is 2.43. The second-order valence-corrected chi connectivity index (χ2v) is 13.7. The Morgan fingerprint density at radius 2 is 0.922 bits per heavy atom. The minimum atomic E-state index is -0.422. The van der Waals surface area contributed by atoms with E-state index in [1.807, 2.05) is 13.8 Å². The third-order valence-electron chi connectivity index (χ3n) is 10.4. The van der Waals surface area contributed by atoms with E-state index in [-0.39, 0.29) is 12.2 Å². The molecule has 1 aliphatic carbocycles. The standard InChI is InChI=1S/C47H42O4/c1-5-45(48)50-31(3)23-25-47(26-24-32(4)51-46(49)6-2)43-21-19-39(37-17-15-33-11-7-9-13-35(33)27-37)29-41(43)42-30-40(20-22-44(42)47)38-18-16-34-12-8-10-14-36(34)28-38/h5-22,27-32H,1-2,23-26H2,3-4H3. The summed E-state index contributed by atoms with van der Waals surface area (Å²) in [5, 5.41) is 4.83. The van der Waals surface area contributed by atoms with E-state index < -0.39 is 17.4 Å². The molecule has 2 unspecified atom stereocenters. The van der Waals surface area contributed by atoms with Crippen molar-refractivity contribution in [1.82, 2.24) is 0 Å². The number of carbonyl (C=O) groups excluding carboxylic acids is 2. The van der Waals surface area contributed by atoms with Gasteiger partial charge in [0.2, 0.25) is 0 Å². The highest BCUT2D eigenvalue weighted by atomic mass is 16.5. The third-order valence-corrected chi connectivity index (χ3v) is 10.4. The average molecular weight is 671 g/mol. The Labute approximate surface area is 300 Å². The van der Waals surface area contributed by atoms with Crippen LogP contribution in [0.15, 0.2) is 147 Å². The first kappa shape index (κ1) is 33.7. The van der Waals surface area contributed by atoms with Crippen LogP contribution in [0.4, 0.5) is 0 Å². The minimum absolute atomic E-state index is 0.301. The van der Waals surface area contributed by atoms with Crippen LogP contribution >= 0.6 is 0 Å². The van der Waals surface area contributed by atoms with Crippen LogP contribution in [0.3, 0.4) is 0 Å². The molecule has 0 fully saturated rings. The molecule has 1 aliphatic rings. The molecule has 4 nitrogen and oxygen atoms in total. The van der Waals surface area contributed by atoms with E-state index in [4.69, 9.17) is 9.47 Å². The summed E-state index contributed by atoms with van der Waals surface area (Å²) < 4.78 is 11.3. The zero-order valence-electron chi connectivity index (χ0n) is 29.2. The van der Waals surface area contributed by atoms with Gasteiger partial charge in [0.1, 0.15) is 0 Å². The Kier molecular flexibility index (Phi) is 9.42. The zero-order chi connectivity index (χ0) is 35.5. The summed E-state index contributed by atoms with van der Waals surface area (Å²) in [6, 6.07) is 43.9. The van der Waals surface area contributed by atoms with E-state index in [9.17, 15) is 9.59 Å². The SMILES string of the molecule is C=CC(=O)OC(C)CCC1(CCC(C)OC(=O)C=C)c2ccc(-c3ccc4ccccc4c3)cc2-c2cc(-c3ccc4ccccc4c3)ccc21. The van der Waals surface area contributed by atoms with Gasteiger partial charge in [0.05, 0.1) is 12.2 Å². The molecule has 6 aromatic carbocycles. The van der Waals surface area contributed by atoms with Crippen molar-refractivity contribution in [2.45, 2.75) is 57.2 Å². The maximum absolute atomic E-state index is 12.2. The summed E-state index contributed by atoms with van der Waals surface area (Å²) in [5.74, 6) is -0.845. The van der Waals surface area contributed by atoms with Crippen LogP contribution in [-0.4, -0.2) is 24.1 Å². The lowest BCUT2D eigenvalue weighted by atomic mass is 9.70. The van der Waals surface area contributed by atoms with Gasteiger partial charge < -0.3 is 9.47 Å². The van der Waals surface area contributed by atoms with E-state index in [2.05, 4.69) is 134 Å². The Morgan fingerprint density at radius 1 is 0.549 bits per heavy atom. The zero-order valence-corrected chi connectivity index (χ0v) is 29.2. The van der Waals surface area contributed by atoms with Gasteiger partial charge >= 0.3 is 11.9 Å². The van der Waals surface area contributed by atoms with Crippen molar-refractivity contribution in [3.8, 4) is 33.4 Å². The van der Waals surface area contributed by atoms with Gasteiger partial charge in [0, 0.05) is 17.6 Å². The number of carbonyl (C=O) groups is 2. The van der Waals surface area contributed by atoms with Crippen LogP contribution in [-0.2, 0) is 24.5 Å². The quantitative estimate of drug-likeness (QED) is 0.0960. The van der Waals surface area contributed by atoms with Crippen molar-refractivity contribution < 1.29 is 19.1 Å². The summed E-state index contributed by atoms with van der Waals surface area (Å²) in [4.78, 5) is 24.3.